The van der Waals surface area contributed by atoms with Crippen molar-refractivity contribution in [2.45, 2.75) is 69.8 Å². The second kappa shape index (κ2) is 8.99. The molecule has 0 aromatic heterocycles. The van der Waals surface area contributed by atoms with E-state index in [1.165, 1.54) is 13.8 Å². The number of carbonyl (C=O) groups is 1. The van der Waals surface area contributed by atoms with Crippen LogP contribution in [0.1, 0.15) is 39.5 Å². The molecule has 14 heteroatoms. The van der Waals surface area contributed by atoms with E-state index in [0.717, 1.165) is 0 Å². The summed E-state index contributed by atoms with van der Waals surface area (Å²) in [5, 5.41) is 0. The van der Waals surface area contributed by atoms with E-state index in [1.807, 2.05) is 0 Å². The lowest BCUT2D eigenvalue weighted by atomic mass is 10.2. The van der Waals surface area contributed by atoms with Gasteiger partial charge in [-0.05, 0) is 12.8 Å². The average Bonchev–Trinajstić information content (AvgIpc) is 2.51. The van der Waals surface area contributed by atoms with Crippen LogP contribution < -0.4 is 0 Å². The molecule has 0 aromatic rings. The number of ether oxygens (including phenoxy) is 1. The van der Waals surface area contributed by atoms with Crippen molar-refractivity contribution in [1.29, 1.82) is 0 Å². The lowest BCUT2D eigenvalue weighted by molar-refractivity contribution is -0.473. The molecule has 3 nitrogen and oxygen atoms in total. The lowest BCUT2D eigenvalue weighted by Gasteiger charge is -2.36. The zero-order valence-electron chi connectivity index (χ0n) is 14.7. The van der Waals surface area contributed by atoms with Crippen LogP contribution in [0.3, 0.4) is 0 Å². The number of alkyl halides is 11. The molecule has 168 valence electrons. The zero-order valence-corrected chi connectivity index (χ0v) is 14.7. The second-order valence-electron chi connectivity index (χ2n) is 5.78. The summed E-state index contributed by atoms with van der Waals surface area (Å²) in [6.07, 6.45) is -20.2. The molecule has 0 fully saturated rings. The van der Waals surface area contributed by atoms with E-state index in [9.17, 15) is 53.1 Å². The molecule has 0 aliphatic rings. The first-order valence-corrected chi connectivity index (χ1v) is 7.96. The molecule has 0 aliphatic heterocycles. The average molecular weight is 441 g/mol. The Balaban J connectivity index is 6.08. The number of carbonyl (C=O) groups excluding carboxylic acids is 1. The maximum atomic E-state index is 14.3. The third kappa shape index (κ3) is 5.60. The van der Waals surface area contributed by atoms with Crippen LogP contribution in [0.15, 0.2) is 0 Å². The van der Waals surface area contributed by atoms with Crippen LogP contribution in [0, 0.1) is 0 Å². The molecule has 0 saturated carbocycles. The summed E-state index contributed by atoms with van der Waals surface area (Å²) in [6, 6.07) is 0. The Morgan fingerprint density at radius 3 is 1.43 bits per heavy atom. The minimum atomic E-state index is -7.19. The van der Waals surface area contributed by atoms with Crippen molar-refractivity contribution < 1.29 is 57.8 Å². The fourth-order valence-electron chi connectivity index (χ4n) is 1.84. The fourth-order valence-corrected chi connectivity index (χ4v) is 1.84. The van der Waals surface area contributed by atoms with Gasteiger partial charge in [0.15, 0.2) is 0 Å². The van der Waals surface area contributed by atoms with Gasteiger partial charge in [0.1, 0.15) is 0 Å². The summed E-state index contributed by atoms with van der Waals surface area (Å²) in [6.45, 7) is 1.87. The highest BCUT2D eigenvalue weighted by molar-refractivity contribution is 5.84. The normalized spacial score (nSPS) is 16.0. The Morgan fingerprint density at radius 2 is 1.14 bits per heavy atom. The van der Waals surface area contributed by atoms with E-state index in [-0.39, 0.29) is 30.6 Å². The van der Waals surface area contributed by atoms with E-state index in [2.05, 4.69) is 4.74 Å². The van der Waals surface area contributed by atoms with Gasteiger partial charge in [0.25, 0.3) is 5.91 Å². The molecule has 0 heterocycles. The number of rotatable bonds is 10. The first-order chi connectivity index (χ1) is 12.4. The van der Waals surface area contributed by atoms with Crippen molar-refractivity contribution in [1.82, 2.24) is 4.90 Å². The van der Waals surface area contributed by atoms with Crippen LogP contribution in [0.5, 0.6) is 0 Å². The topological polar surface area (TPSA) is 29.5 Å². The van der Waals surface area contributed by atoms with E-state index in [4.69, 9.17) is 0 Å². The minimum Gasteiger partial charge on any atom is -0.337 e. The molecular formula is C14H18F11NO2. The molecule has 0 saturated heterocycles. The van der Waals surface area contributed by atoms with Crippen molar-refractivity contribution in [2.24, 2.45) is 0 Å². The van der Waals surface area contributed by atoms with Gasteiger partial charge in [-0.1, -0.05) is 26.7 Å². The number of hydrogen-bond donors (Lipinski definition) is 0. The van der Waals surface area contributed by atoms with E-state index in [0.29, 0.717) is 0 Å². The largest absolute Gasteiger partial charge is 0.462 e. The van der Waals surface area contributed by atoms with Crippen molar-refractivity contribution in [3.05, 3.63) is 0 Å². The predicted octanol–water partition coefficient (Wildman–Crippen LogP) is 5.45. The van der Waals surface area contributed by atoms with Gasteiger partial charge in [-0.2, -0.15) is 48.3 Å². The van der Waals surface area contributed by atoms with E-state index >= 15 is 0 Å². The Hall–Kier alpha value is -1.34. The van der Waals surface area contributed by atoms with Crippen LogP contribution in [-0.2, 0) is 9.53 Å². The smallest absolute Gasteiger partial charge is 0.337 e. The van der Waals surface area contributed by atoms with Gasteiger partial charge in [-0.3, -0.25) is 9.53 Å². The predicted molar refractivity (Wildman–Crippen MR) is 73.3 cm³/mol. The highest BCUT2D eigenvalue weighted by Crippen LogP contribution is 2.51. The minimum absolute atomic E-state index is 0.0154. The number of unbranched alkanes of at least 4 members (excludes halogenated alkanes) is 2. The summed E-state index contributed by atoms with van der Waals surface area (Å²) >= 11 is 0. The molecule has 0 N–H and O–H groups in total. The standard InChI is InChI=1S/C14H18F11NO2/c1-3-5-7-26(8-6-4-2)9(27)10(15,12(18,19)20)28-14(24,25)11(16,17)13(21,22)23/h3-8H2,1-2H3/t10-/m0/s1. The van der Waals surface area contributed by atoms with Gasteiger partial charge >= 0.3 is 30.2 Å². The van der Waals surface area contributed by atoms with Crippen molar-refractivity contribution in [2.75, 3.05) is 13.1 Å². The Kier molecular flexibility index (Phi) is 8.56. The number of amides is 1. The summed E-state index contributed by atoms with van der Waals surface area (Å²) < 4.78 is 144. The maximum absolute atomic E-state index is 14.3. The Bertz CT molecular complexity index is 510. The lowest BCUT2D eigenvalue weighted by Crippen LogP contribution is -2.64. The Labute approximate surface area is 152 Å². The molecule has 0 spiro atoms. The maximum Gasteiger partial charge on any atom is 0.462 e. The van der Waals surface area contributed by atoms with Crippen molar-refractivity contribution in [3.8, 4) is 0 Å². The van der Waals surface area contributed by atoms with Crippen molar-refractivity contribution >= 4 is 5.91 Å². The molecule has 0 radical (unpaired) electrons. The first kappa shape index (κ1) is 26.7. The number of hydrogen-bond acceptors (Lipinski definition) is 2. The molecule has 1 atom stereocenters. The van der Waals surface area contributed by atoms with E-state index in [1.54, 1.807) is 0 Å². The third-order valence-corrected chi connectivity index (χ3v) is 3.48. The van der Waals surface area contributed by atoms with Gasteiger partial charge in [0.2, 0.25) is 0 Å². The van der Waals surface area contributed by atoms with Crippen LogP contribution >= 0.6 is 0 Å². The molecular weight excluding hydrogens is 423 g/mol. The number of halogens is 11. The molecule has 0 rings (SSSR count). The van der Waals surface area contributed by atoms with Crippen LogP contribution in [0.4, 0.5) is 48.3 Å². The molecule has 0 unspecified atom stereocenters. The quantitative estimate of drug-likeness (QED) is 0.422. The summed E-state index contributed by atoms with van der Waals surface area (Å²) in [7, 11) is 0. The zero-order chi connectivity index (χ0) is 22.6. The van der Waals surface area contributed by atoms with E-state index < -0.39 is 49.2 Å². The van der Waals surface area contributed by atoms with Gasteiger partial charge in [-0.25, -0.2) is 0 Å². The summed E-state index contributed by atoms with van der Waals surface area (Å²) in [4.78, 5) is 12.0. The Morgan fingerprint density at radius 1 is 0.750 bits per heavy atom. The van der Waals surface area contributed by atoms with Gasteiger partial charge in [0, 0.05) is 13.1 Å². The summed E-state index contributed by atoms with van der Waals surface area (Å²) in [5.74, 6) is -16.1. The monoisotopic (exact) mass is 441 g/mol. The molecule has 0 bridgehead atoms. The van der Waals surface area contributed by atoms with Crippen LogP contribution in [0.25, 0.3) is 0 Å². The molecule has 1 amide bonds. The molecule has 0 aromatic carbocycles. The van der Waals surface area contributed by atoms with Crippen LogP contribution in [0.2, 0.25) is 0 Å². The fraction of sp³-hybridized carbons (Fsp3) is 0.929. The highest BCUT2D eigenvalue weighted by atomic mass is 19.4. The van der Waals surface area contributed by atoms with Gasteiger partial charge in [0.05, 0.1) is 0 Å². The first-order valence-electron chi connectivity index (χ1n) is 7.96. The SMILES string of the molecule is CCCCN(CCCC)C(=O)[C@](F)(OC(F)(F)C(F)(F)C(F)(F)F)C(F)(F)F. The van der Waals surface area contributed by atoms with Crippen LogP contribution in [-0.4, -0.2) is 54.1 Å². The highest BCUT2D eigenvalue weighted by Gasteiger charge is 2.79. The molecule has 0 aliphatic carbocycles. The molecule has 28 heavy (non-hydrogen) atoms. The van der Waals surface area contributed by atoms with Crippen molar-refractivity contribution in [3.63, 3.8) is 0 Å². The summed E-state index contributed by atoms with van der Waals surface area (Å²) in [5.41, 5.74) is 0. The van der Waals surface area contributed by atoms with Gasteiger partial charge in [-0.15, -0.1) is 0 Å². The van der Waals surface area contributed by atoms with Gasteiger partial charge < -0.3 is 4.90 Å². The third-order valence-electron chi connectivity index (χ3n) is 3.48. The number of nitrogens with zero attached hydrogens (tertiary/aromatic N) is 1. The second-order valence-corrected chi connectivity index (χ2v) is 5.78.